The van der Waals surface area contributed by atoms with Crippen LogP contribution in [0, 0.1) is 10.1 Å². The molecular weight excluding hydrogens is 424 g/mol. The van der Waals surface area contributed by atoms with E-state index in [9.17, 15) is 19.7 Å². The zero-order valence-corrected chi connectivity index (χ0v) is 16.5. The van der Waals surface area contributed by atoms with Crippen molar-refractivity contribution in [3.8, 4) is 11.5 Å². The van der Waals surface area contributed by atoms with E-state index in [1.807, 2.05) is 0 Å². The van der Waals surface area contributed by atoms with Gasteiger partial charge in [0, 0.05) is 28.2 Å². The first-order chi connectivity index (χ1) is 14.9. The maximum absolute atomic E-state index is 12.6. The Labute approximate surface area is 179 Å². The molecule has 4 rings (SSSR count). The van der Waals surface area contributed by atoms with E-state index >= 15 is 0 Å². The molecule has 0 spiro atoms. The molecule has 1 amide bonds. The van der Waals surface area contributed by atoms with Crippen molar-refractivity contribution in [2.75, 3.05) is 5.32 Å². The molecule has 0 radical (unpaired) electrons. The van der Waals surface area contributed by atoms with Crippen molar-refractivity contribution in [1.82, 2.24) is 0 Å². The molecule has 1 heterocycles. The van der Waals surface area contributed by atoms with Crippen molar-refractivity contribution in [2.45, 2.75) is 0 Å². The van der Waals surface area contributed by atoms with Gasteiger partial charge in [0.05, 0.1) is 4.92 Å². The Morgan fingerprint density at radius 1 is 0.968 bits per heavy atom. The van der Waals surface area contributed by atoms with Crippen molar-refractivity contribution in [1.29, 1.82) is 0 Å². The number of fused-ring (bicyclic) bond motifs is 1. The monoisotopic (exact) mass is 436 g/mol. The molecule has 0 aliphatic carbocycles. The van der Waals surface area contributed by atoms with Crippen LogP contribution in [0.5, 0.6) is 11.5 Å². The summed E-state index contributed by atoms with van der Waals surface area (Å²) >= 11 is 5.84. The lowest BCUT2D eigenvalue weighted by Crippen LogP contribution is -2.20. The van der Waals surface area contributed by atoms with Gasteiger partial charge in [-0.15, -0.1) is 0 Å². The second-order valence-corrected chi connectivity index (χ2v) is 6.90. The highest BCUT2D eigenvalue weighted by atomic mass is 35.5. The number of nitro benzene ring substituents is 1. The van der Waals surface area contributed by atoms with Crippen molar-refractivity contribution >= 4 is 39.9 Å². The van der Waals surface area contributed by atoms with Crippen molar-refractivity contribution in [3.63, 3.8) is 0 Å². The number of anilines is 1. The molecule has 1 N–H and O–H groups in total. The molecule has 0 unspecified atom stereocenters. The average molecular weight is 437 g/mol. The van der Waals surface area contributed by atoms with Crippen LogP contribution in [0.4, 0.5) is 11.4 Å². The predicted molar refractivity (Wildman–Crippen MR) is 115 cm³/mol. The van der Waals surface area contributed by atoms with E-state index in [0.717, 1.165) is 0 Å². The highest BCUT2D eigenvalue weighted by Gasteiger charge is 2.16. The molecule has 3 aromatic carbocycles. The van der Waals surface area contributed by atoms with E-state index in [1.54, 1.807) is 48.5 Å². The average Bonchev–Trinajstić information content (AvgIpc) is 2.75. The number of hydrogen-bond donors (Lipinski definition) is 1. The quantitative estimate of drug-likeness (QED) is 0.254. The molecule has 9 heteroatoms. The normalized spacial score (nSPS) is 10.6. The number of non-ortho nitro benzene ring substituents is 1. The largest absolute Gasteiger partial charge is 0.457 e. The number of rotatable bonds is 5. The van der Waals surface area contributed by atoms with Crippen LogP contribution in [-0.4, -0.2) is 10.8 Å². The van der Waals surface area contributed by atoms with Crippen LogP contribution in [0.1, 0.15) is 10.4 Å². The van der Waals surface area contributed by atoms with Crippen LogP contribution in [-0.2, 0) is 0 Å². The van der Waals surface area contributed by atoms with Gasteiger partial charge in [0.2, 0.25) is 0 Å². The fourth-order valence-electron chi connectivity index (χ4n) is 2.83. The maximum atomic E-state index is 12.6. The number of halogens is 1. The van der Waals surface area contributed by atoms with Crippen LogP contribution in [0.3, 0.4) is 0 Å². The Morgan fingerprint density at radius 2 is 1.61 bits per heavy atom. The molecule has 31 heavy (non-hydrogen) atoms. The Bertz CT molecular complexity index is 1350. The summed E-state index contributed by atoms with van der Waals surface area (Å²) in [4.78, 5) is 35.1. The van der Waals surface area contributed by atoms with Crippen molar-refractivity contribution in [3.05, 3.63) is 104 Å². The molecule has 4 aromatic rings. The van der Waals surface area contributed by atoms with Crippen LogP contribution < -0.4 is 15.7 Å². The third-order valence-corrected chi connectivity index (χ3v) is 4.58. The SMILES string of the molecule is O=C(Nc1ccc(Oc2ccc(Cl)cc2)cc1)c1cc2cc([N+](=O)[O-])ccc2oc1=O. The molecule has 0 saturated heterocycles. The number of amides is 1. The number of ether oxygens (including phenoxy) is 1. The second-order valence-electron chi connectivity index (χ2n) is 6.46. The highest BCUT2D eigenvalue weighted by Crippen LogP contribution is 2.25. The summed E-state index contributed by atoms with van der Waals surface area (Å²) in [6.45, 7) is 0. The van der Waals surface area contributed by atoms with Crippen LogP contribution in [0.15, 0.2) is 82.0 Å². The van der Waals surface area contributed by atoms with E-state index < -0.39 is 16.5 Å². The van der Waals surface area contributed by atoms with Gasteiger partial charge in [-0.05, 0) is 60.7 Å². The molecular formula is C22H13ClN2O6. The fraction of sp³-hybridized carbons (Fsp3) is 0. The van der Waals surface area contributed by atoms with Gasteiger partial charge < -0.3 is 14.5 Å². The van der Waals surface area contributed by atoms with Crippen LogP contribution in [0.25, 0.3) is 11.0 Å². The van der Waals surface area contributed by atoms with E-state index in [1.165, 1.54) is 24.3 Å². The van der Waals surface area contributed by atoms with E-state index in [0.29, 0.717) is 22.2 Å². The molecule has 154 valence electrons. The van der Waals surface area contributed by atoms with Crippen LogP contribution >= 0.6 is 11.6 Å². The summed E-state index contributed by atoms with van der Waals surface area (Å²) in [7, 11) is 0. The van der Waals surface area contributed by atoms with Crippen molar-refractivity contribution < 1.29 is 18.9 Å². The summed E-state index contributed by atoms with van der Waals surface area (Å²) < 4.78 is 10.8. The van der Waals surface area contributed by atoms with Gasteiger partial charge in [-0.3, -0.25) is 14.9 Å². The summed E-state index contributed by atoms with van der Waals surface area (Å²) in [5, 5.41) is 14.4. The first-order valence-corrected chi connectivity index (χ1v) is 9.34. The minimum Gasteiger partial charge on any atom is -0.457 e. The molecule has 0 aliphatic rings. The molecule has 1 aromatic heterocycles. The van der Waals surface area contributed by atoms with Gasteiger partial charge in [0.15, 0.2) is 0 Å². The number of hydrogen-bond acceptors (Lipinski definition) is 6. The Hall–Kier alpha value is -4.17. The zero-order valence-electron chi connectivity index (χ0n) is 15.7. The fourth-order valence-corrected chi connectivity index (χ4v) is 2.95. The number of carbonyl (C=O) groups is 1. The molecule has 0 fully saturated rings. The number of nitrogens with zero attached hydrogens (tertiary/aromatic N) is 1. The van der Waals surface area contributed by atoms with Gasteiger partial charge in [0.25, 0.3) is 11.6 Å². The molecule has 0 atom stereocenters. The van der Waals surface area contributed by atoms with E-state index in [4.69, 9.17) is 20.8 Å². The molecule has 0 saturated carbocycles. The Kier molecular flexibility index (Phi) is 5.38. The Morgan fingerprint density at radius 3 is 2.26 bits per heavy atom. The minimum atomic E-state index is -0.846. The molecule has 0 bridgehead atoms. The van der Waals surface area contributed by atoms with Gasteiger partial charge in [-0.25, -0.2) is 4.79 Å². The third kappa shape index (κ3) is 4.54. The van der Waals surface area contributed by atoms with E-state index in [2.05, 4.69) is 5.32 Å². The predicted octanol–water partition coefficient (Wildman–Crippen LogP) is 5.40. The summed E-state index contributed by atoms with van der Waals surface area (Å²) in [6.07, 6.45) is 0. The summed E-state index contributed by atoms with van der Waals surface area (Å²) in [6, 6.07) is 18.4. The van der Waals surface area contributed by atoms with Crippen molar-refractivity contribution in [2.24, 2.45) is 0 Å². The van der Waals surface area contributed by atoms with Gasteiger partial charge in [-0.2, -0.15) is 0 Å². The zero-order chi connectivity index (χ0) is 22.0. The number of carbonyl (C=O) groups excluding carboxylic acids is 1. The smallest absolute Gasteiger partial charge is 0.349 e. The standard InChI is InChI=1S/C22H13ClN2O6/c23-14-1-6-17(7-2-14)30-18-8-3-15(4-9-18)24-21(26)19-12-13-11-16(25(28)29)5-10-20(13)31-22(19)27/h1-12H,(H,24,26). The highest BCUT2D eigenvalue weighted by molar-refractivity contribution is 6.30. The topological polar surface area (TPSA) is 112 Å². The molecule has 0 aliphatic heterocycles. The van der Waals surface area contributed by atoms with Crippen LogP contribution in [0.2, 0.25) is 5.02 Å². The number of nitro groups is 1. The maximum Gasteiger partial charge on any atom is 0.349 e. The second kappa shape index (κ2) is 8.29. The van der Waals surface area contributed by atoms with Gasteiger partial charge in [0.1, 0.15) is 22.6 Å². The lowest BCUT2D eigenvalue weighted by Gasteiger charge is -2.08. The Balaban J connectivity index is 1.52. The first-order valence-electron chi connectivity index (χ1n) is 8.96. The lowest BCUT2D eigenvalue weighted by atomic mass is 10.1. The first kappa shape index (κ1) is 20.1. The third-order valence-electron chi connectivity index (χ3n) is 4.33. The lowest BCUT2D eigenvalue weighted by molar-refractivity contribution is -0.384. The van der Waals surface area contributed by atoms with Gasteiger partial charge >= 0.3 is 5.63 Å². The number of benzene rings is 3. The van der Waals surface area contributed by atoms with Gasteiger partial charge in [-0.1, -0.05) is 11.6 Å². The minimum absolute atomic E-state index is 0.149. The molecule has 8 nitrogen and oxygen atoms in total. The van der Waals surface area contributed by atoms with E-state index in [-0.39, 0.29) is 22.2 Å². The summed E-state index contributed by atoms with van der Waals surface area (Å²) in [5.74, 6) is 0.440. The number of nitrogens with one attached hydrogen (secondary N) is 1. The summed E-state index contributed by atoms with van der Waals surface area (Å²) in [5.41, 5.74) is -0.720.